The molecule has 2 N–H and O–H groups in total. The van der Waals surface area contributed by atoms with E-state index in [0.717, 1.165) is 47.2 Å². The van der Waals surface area contributed by atoms with E-state index in [1.165, 1.54) is 36.9 Å². The Kier molecular flexibility index (Phi) is 8.65. The van der Waals surface area contributed by atoms with E-state index in [-0.39, 0.29) is 28.8 Å². The molecule has 2 aromatic carbocycles. The van der Waals surface area contributed by atoms with Crippen LogP contribution in [0.4, 0.5) is 18.0 Å². The Morgan fingerprint density at radius 2 is 1.76 bits per heavy atom. The van der Waals surface area contributed by atoms with Crippen molar-refractivity contribution in [1.82, 2.24) is 34.4 Å². The SMILES string of the molecule is Cc1c(-c2ccnn2-c2ccc(C#N)cc2)n(C(=O)N[C@@H](C)C(=O)NC2CCN(C)CC2)c(=O)n1-c1cccc(C(F)(F)F)c1. The maximum Gasteiger partial charge on any atom is 0.416 e. The number of imidazole rings is 1. The minimum absolute atomic E-state index is 0.0553. The predicted molar refractivity (Wildman–Crippen MR) is 159 cm³/mol. The number of carbonyl (C=O) groups excluding carboxylic acids is 2. The van der Waals surface area contributed by atoms with Crippen molar-refractivity contribution < 1.29 is 22.8 Å². The maximum atomic E-state index is 14.0. The molecule has 1 aliphatic heterocycles. The van der Waals surface area contributed by atoms with Crippen molar-refractivity contribution in [2.24, 2.45) is 0 Å². The molecule has 14 heteroatoms. The predicted octanol–water partition coefficient (Wildman–Crippen LogP) is 3.85. The molecule has 3 heterocycles. The zero-order valence-electron chi connectivity index (χ0n) is 24.8. The molecule has 1 fully saturated rings. The second-order valence-corrected chi connectivity index (χ2v) is 11.0. The highest BCUT2D eigenvalue weighted by Gasteiger charge is 2.32. The van der Waals surface area contributed by atoms with Crippen LogP contribution in [-0.4, -0.2) is 68.0 Å². The van der Waals surface area contributed by atoms with E-state index in [1.54, 1.807) is 30.3 Å². The van der Waals surface area contributed by atoms with E-state index in [2.05, 4.69) is 20.6 Å². The number of rotatable bonds is 6. The molecule has 1 aliphatic rings. The number of alkyl halides is 3. The number of halogens is 3. The molecule has 0 spiro atoms. The summed E-state index contributed by atoms with van der Waals surface area (Å²) in [5, 5.41) is 19.1. The van der Waals surface area contributed by atoms with E-state index in [1.807, 2.05) is 13.1 Å². The van der Waals surface area contributed by atoms with Gasteiger partial charge in [-0.1, -0.05) is 6.07 Å². The van der Waals surface area contributed by atoms with Crippen LogP contribution in [-0.2, 0) is 11.0 Å². The first-order valence-corrected chi connectivity index (χ1v) is 14.3. The van der Waals surface area contributed by atoms with Gasteiger partial charge in [0.25, 0.3) is 0 Å². The molecule has 2 amide bonds. The smallest absolute Gasteiger partial charge is 0.351 e. The average molecular weight is 621 g/mol. The minimum Gasteiger partial charge on any atom is -0.351 e. The first kappa shape index (κ1) is 31.3. The first-order valence-electron chi connectivity index (χ1n) is 14.3. The Bertz CT molecular complexity index is 1820. The zero-order valence-corrected chi connectivity index (χ0v) is 24.8. The fraction of sp³-hybridized carbons (Fsp3) is 0.323. The highest BCUT2D eigenvalue weighted by molar-refractivity contribution is 5.89. The number of nitrogens with one attached hydrogen (secondary N) is 2. The summed E-state index contributed by atoms with van der Waals surface area (Å²) in [6.07, 6.45) is -1.71. The van der Waals surface area contributed by atoms with Crippen molar-refractivity contribution in [2.75, 3.05) is 20.1 Å². The van der Waals surface area contributed by atoms with Gasteiger partial charge in [0.2, 0.25) is 5.91 Å². The third-order valence-electron chi connectivity index (χ3n) is 7.84. The van der Waals surface area contributed by atoms with Gasteiger partial charge in [0.15, 0.2) is 0 Å². The third-order valence-corrected chi connectivity index (χ3v) is 7.84. The van der Waals surface area contributed by atoms with Crippen molar-refractivity contribution >= 4 is 11.9 Å². The van der Waals surface area contributed by atoms with Gasteiger partial charge in [-0.05, 0) is 95.4 Å². The summed E-state index contributed by atoms with van der Waals surface area (Å²) >= 11 is 0. The van der Waals surface area contributed by atoms with E-state index < -0.39 is 35.4 Å². The van der Waals surface area contributed by atoms with Gasteiger partial charge in [-0.3, -0.25) is 9.36 Å². The van der Waals surface area contributed by atoms with E-state index in [9.17, 15) is 32.8 Å². The molecule has 11 nitrogen and oxygen atoms in total. The number of amides is 2. The van der Waals surface area contributed by atoms with Crippen LogP contribution in [0.2, 0.25) is 0 Å². The van der Waals surface area contributed by atoms with Crippen LogP contribution < -0.4 is 16.3 Å². The van der Waals surface area contributed by atoms with Crippen molar-refractivity contribution in [2.45, 2.75) is 44.9 Å². The van der Waals surface area contributed by atoms with Crippen molar-refractivity contribution in [3.8, 4) is 28.8 Å². The molecule has 0 saturated carbocycles. The molecular formula is C31H31F3N8O3. The lowest BCUT2D eigenvalue weighted by molar-refractivity contribution is -0.137. The number of piperidine rings is 1. The van der Waals surface area contributed by atoms with Crippen LogP contribution in [0.1, 0.15) is 36.6 Å². The maximum absolute atomic E-state index is 14.0. The normalized spacial score (nSPS) is 15.0. The van der Waals surface area contributed by atoms with E-state index in [4.69, 9.17) is 0 Å². The fourth-order valence-corrected chi connectivity index (χ4v) is 5.38. The highest BCUT2D eigenvalue weighted by Crippen LogP contribution is 2.32. The summed E-state index contributed by atoms with van der Waals surface area (Å²) in [4.78, 5) is 42.9. The summed E-state index contributed by atoms with van der Waals surface area (Å²) < 4.78 is 44.0. The van der Waals surface area contributed by atoms with Gasteiger partial charge in [-0.25, -0.2) is 18.8 Å². The van der Waals surface area contributed by atoms with E-state index in [0.29, 0.717) is 11.3 Å². The number of nitrogens with zero attached hydrogens (tertiary/aromatic N) is 6. The van der Waals surface area contributed by atoms with Crippen LogP contribution in [0, 0.1) is 18.3 Å². The molecule has 0 bridgehead atoms. The Hall–Kier alpha value is -5.16. The Morgan fingerprint density at radius 1 is 1.07 bits per heavy atom. The van der Waals surface area contributed by atoms with Gasteiger partial charge < -0.3 is 15.5 Å². The Labute approximate surface area is 256 Å². The molecular weight excluding hydrogens is 589 g/mol. The van der Waals surface area contributed by atoms with Crippen LogP contribution in [0.15, 0.2) is 65.6 Å². The van der Waals surface area contributed by atoms with Gasteiger partial charge in [0.1, 0.15) is 11.7 Å². The van der Waals surface area contributed by atoms with Crippen LogP contribution in [0.3, 0.4) is 0 Å². The number of likely N-dealkylation sites (tertiary alicyclic amines) is 1. The second kappa shape index (κ2) is 12.4. The lowest BCUT2D eigenvalue weighted by Crippen LogP contribution is -2.52. The monoisotopic (exact) mass is 620 g/mol. The Morgan fingerprint density at radius 3 is 2.40 bits per heavy atom. The summed E-state index contributed by atoms with van der Waals surface area (Å²) in [6.45, 7) is 4.64. The minimum atomic E-state index is -4.67. The van der Waals surface area contributed by atoms with Crippen molar-refractivity contribution in [3.63, 3.8) is 0 Å². The number of carbonyl (C=O) groups is 2. The number of nitriles is 1. The third kappa shape index (κ3) is 6.39. The van der Waals surface area contributed by atoms with Gasteiger partial charge in [-0.2, -0.15) is 23.5 Å². The standard InChI is InChI=1S/C31H31F3N8O3/c1-19(28(43)38-23-12-15-39(3)16-13-23)37-29(44)41-27(26-11-14-36-42(26)24-9-7-21(18-35)8-10-24)20(2)40(30(41)45)25-6-4-5-22(17-25)31(32,33)34/h4-11,14,17,19,23H,12-13,15-16H2,1-3H3,(H,37,44)(H,38,43)/t19-/m0/s1. The average Bonchev–Trinajstić information content (AvgIpc) is 3.59. The molecule has 0 aliphatic carbocycles. The first-order chi connectivity index (χ1) is 21.4. The van der Waals surface area contributed by atoms with Gasteiger partial charge in [0.05, 0.1) is 46.2 Å². The summed E-state index contributed by atoms with van der Waals surface area (Å²) in [7, 11) is 2.00. The molecule has 2 aromatic heterocycles. The molecule has 0 radical (unpaired) electrons. The van der Waals surface area contributed by atoms with E-state index >= 15 is 0 Å². The molecule has 0 unspecified atom stereocenters. The quantitative estimate of drug-likeness (QED) is 0.337. The Balaban J connectivity index is 1.58. The summed E-state index contributed by atoms with van der Waals surface area (Å²) in [6, 6.07) is 12.2. The molecule has 4 aromatic rings. The largest absolute Gasteiger partial charge is 0.416 e. The lowest BCUT2D eigenvalue weighted by atomic mass is 10.1. The molecule has 1 atom stereocenters. The van der Waals surface area contributed by atoms with Crippen LogP contribution in [0.5, 0.6) is 0 Å². The molecule has 234 valence electrons. The summed E-state index contributed by atoms with van der Waals surface area (Å²) in [5.74, 6) is -0.427. The lowest BCUT2D eigenvalue weighted by Gasteiger charge is -2.30. The number of aromatic nitrogens is 4. The number of hydrogen-bond acceptors (Lipinski definition) is 6. The summed E-state index contributed by atoms with van der Waals surface area (Å²) in [5.41, 5.74) is -0.598. The van der Waals surface area contributed by atoms with Crippen LogP contribution in [0.25, 0.3) is 22.8 Å². The molecule has 45 heavy (non-hydrogen) atoms. The second-order valence-electron chi connectivity index (χ2n) is 11.0. The van der Waals surface area contributed by atoms with Crippen LogP contribution >= 0.6 is 0 Å². The van der Waals surface area contributed by atoms with Crippen molar-refractivity contribution in [1.29, 1.82) is 5.26 Å². The zero-order chi connectivity index (χ0) is 32.5. The fourth-order valence-electron chi connectivity index (χ4n) is 5.38. The van der Waals surface area contributed by atoms with Gasteiger partial charge >= 0.3 is 17.9 Å². The van der Waals surface area contributed by atoms with Crippen molar-refractivity contribution in [3.05, 3.63) is 88.1 Å². The number of hydrogen-bond donors (Lipinski definition) is 2. The highest BCUT2D eigenvalue weighted by atomic mass is 19.4. The molecule has 1 saturated heterocycles. The number of benzene rings is 2. The van der Waals surface area contributed by atoms with Gasteiger partial charge in [-0.15, -0.1) is 0 Å². The topological polar surface area (TPSA) is 130 Å². The van der Waals surface area contributed by atoms with Gasteiger partial charge in [0, 0.05) is 6.04 Å². The molecule has 5 rings (SSSR count).